The molecule has 2 N–H and O–H groups in total. The second-order valence-corrected chi connectivity index (χ2v) is 4.67. The van der Waals surface area contributed by atoms with E-state index in [4.69, 9.17) is 10.7 Å². The summed E-state index contributed by atoms with van der Waals surface area (Å²) in [6.07, 6.45) is 0.837. The quantitative estimate of drug-likeness (QED) is 0.763. The van der Waals surface area contributed by atoms with E-state index in [1.807, 2.05) is 32.3 Å². The molecule has 0 saturated heterocycles. The summed E-state index contributed by atoms with van der Waals surface area (Å²) in [6, 6.07) is 8.08. The van der Waals surface area contributed by atoms with E-state index in [-0.39, 0.29) is 0 Å². The number of benzene rings is 1. The van der Waals surface area contributed by atoms with Crippen LogP contribution in [0.2, 0.25) is 0 Å². The molecule has 19 heavy (non-hydrogen) atoms. The molecule has 5 heteroatoms. The van der Waals surface area contributed by atoms with Crippen LogP contribution >= 0.6 is 0 Å². The van der Waals surface area contributed by atoms with E-state index in [0.29, 0.717) is 5.82 Å². The lowest BCUT2D eigenvalue weighted by Gasteiger charge is -2.03. The Morgan fingerprint density at radius 1 is 1.21 bits per heavy atom. The van der Waals surface area contributed by atoms with Crippen LogP contribution in [-0.2, 0) is 20.5 Å². The number of nitrogens with zero attached hydrogens (tertiary/aromatic N) is 4. The van der Waals surface area contributed by atoms with Crippen LogP contribution in [0.5, 0.6) is 0 Å². The third kappa shape index (κ3) is 1.62. The van der Waals surface area contributed by atoms with Gasteiger partial charge in [0.25, 0.3) is 0 Å². The Hall–Kier alpha value is -2.30. The number of rotatable bonds is 2. The van der Waals surface area contributed by atoms with Crippen molar-refractivity contribution in [1.29, 1.82) is 0 Å². The number of hydrogen-bond acceptors (Lipinski definition) is 3. The average molecular weight is 255 g/mol. The zero-order chi connectivity index (χ0) is 13.6. The summed E-state index contributed by atoms with van der Waals surface area (Å²) in [5.74, 6) is 1.54. The van der Waals surface area contributed by atoms with Crippen LogP contribution in [0.15, 0.2) is 24.3 Å². The molecule has 3 rings (SSSR count). The molecule has 1 aromatic carbocycles. The van der Waals surface area contributed by atoms with Gasteiger partial charge in [0.05, 0.1) is 22.3 Å². The summed E-state index contributed by atoms with van der Waals surface area (Å²) in [5, 5.41) is 4.45. The molecule has 2 heterocycles. The fourth-order valence-corrected chi connectivity index (χ4v) is 2.45. The Labute approximate surface area is 111 Å². The predicted octanol–water partition coefficient (Wildman–Crippen LogP) is 2.12. The largest absolute Gasteiger partial charge is 0.383 e. The zero-order valence-corrected chi connectivity index (χ0v) is 11.4. The maximum absolute atomic E-state index is 6.15. The van der Waals surface area contributed by atoms with Crippen LogP contribution < -0.4 is 5.73 Å². The van der Waals surface area contributed by atoms with Gasteiger partial charge in [0.15, 0.2) is 0 Å². The zero-order valence-electron chi connectivity index (χ0n) is 11.4. The van der Waals surface area contributed by atoms with Gasteiger partial charge in [0, 0.05) is 14.1 Å². The van der Waals surface area contributed by atoms with Crippen molar-refractivity contribution in [2.45, 2.75) is 13.3 Å². The lowest BCUT2D eigenvalue weighted by Crippen LogP contribution is -2.00. The van der Waals surface area contributed by atoms with Crippen molar-refractivity contribution < 1.29 is 0 Å². The summed E-state index contributed by atoms with van der Waals surface area (Å²) in [7, 11) is 3.87. The first-order valence-electron chi connectivity index (χ1n) is 6.36. The molecule has 2 aromatic heterocycles. The number of imidazole rings is 1. The molecular formula is C14H17N5. The molecular weight excluding hydrogens is 238 g/mol. The average Bonchev–Trinajstić information content (AvgIpc) is 2.89. The molecule has 3 aromatic rings. The molecule has 0 aliphatic carbocycles. The summed E-state index contributed by atoms with van der Waals surface area (Å²) >= 11 is 0. The Morgan fingerprint density at radius 3 is 2.63 bits per heavy atom. The second kappa shape index (κ2) is 4.12. The number of hydrogen-bond donors (Lipinski definition) is 1. The van der Waals surface area contributed by atoms with E-state index in [1.54, 1.807) is 4.68 Å². The third-order valence-electron chi connectivity index (χ3n) is 3.51. The van der Waals surface area contributed by atoms with Gasteiger partial charge in [-0.25, -0.2) is 4.98 Å². The van der Waals surface area contributed by atoms with Gasteiger partial charge < -0.3 is 10.3 Å². The highest BCUT2D eigenvalue weighted by Crippen LogP contribution is 2.30. The smallest absolute Gasteiger partial charge is 0.146 e. The van der Waals surface area contributed by atoms with Gasteiger partial charge in [0.1, 0.15) is 11.6 Å². The standard InChI is InChI=1S/C14H17N5/c1-4-9-12(13(15)19(3)17-9)14-16-10-7-5-6-8-11(10)18(14)2/h5-8H,4,15H2,1-3H3. The number of nitrogens with two attached hydrogens (primary N) is 1. The van der Waals surface area contributed by atoms with E-state index in [0.717, 1.165) is 34.5 Å². The number of fused-ring (bicyclic) bond motifs is 1. The normalized spacial score (nSPS) is 11.3. The predicted molar refractivity (Wildman–Crippen MR) is 76.7 cm³/mol. The highest BCUT2D eigenvalue weighted by molar-refractivity contribution is 5.83. The minimum absolute atomic E-state index is 0.662. The van der Waals surface area contributed by atoms with Crippen molar-refractivity contribution in [3.05, 3.63) is 30.0 Å². The minimum atomic E-state index is 0.662. The molecule has 0 bridgehead atoms. The van der Waals surface area contributed by atoms with Gasteiger partial charge in [-0.1, -0.05) is 19.1 Å². The molecule has 0 amide bonds. The van der Waals surface area contributed by atoms with Crippen molar-refractivity contribution >= 4 is 16.9 Å². The number of para-hydroxylation sites is 2. The second-order valence-electron chi connectivity index (χ2n) is 4.67. The summed E-state index contributed by atoms with van der Waals surface area (Å²) in [6.45, 7) is 2.08. The Morgan fingerprint density at radius 2 is 1.95 bits per heavy atom. The molecule has 0 saturated carbocycles. The fourth-order valence-electron chi connectivity index (χ4n) is 2.45. The molecule has 0 aliphatic heterocycles. The van der Waals surface area contributed by atoms with E-state index < -0.39 is 0 Å². The van der Waals surface area contributed by atoms with Crippen molar-refractivity contribution in [2.75, 3.05) is 5.73 Å². The Bertz CT molecular complexity index is 751. The molecule has 5 nitrogen and oxygen atoms in total. The minimum Gasteiger partial charge on any atom is -0.383 e. The molecule has 0 fully saturated rings. The molecule has 0 spiro atoms. The third-order valence-corrected chi connectivity index (χ3v) is 3.51. The van der Waals surface area contributed by atoms with Gasteiger partial charge in [0.2, 0.25) is 0 Å². The molecule has 0 atom stereocenters. The highest BCUT2D eigenvalue weighted by atomic mass is 15.3. The van der Waals surface area contributed by atoms with Gasteiger partial charge in [-0.3, -0.25) is 4.68 Å². The van der Waals surface area contributed by atoms with Crippen molar-refractivity contribution in [3.63, 3.8) is 0 Å². The first-order valence-corrected chi connectivity index (χ1v) is 6.36. The summed E-state index contributed by atoms with van der Waals surface area (Å²) in [5.41, 5.74) is 10.2. The number of anilines is 1. The van der Waals surface area contributed by atoms with Gasteiger partial charge in [-0.2, -0.15) is 5.10 Å². The van der Waals surface area contributed by atoms with Crippen LogP contribution in [0, 0.1) is 0 Å². The van der Waals surface area contributed by atoms with Crippen molar-refractivity contribution in [3.8, 4) is 11.4 Å². The monoisotopic (exact) mass is 255 g/mol. The first kappa shape index (κ1) is 11.8. The van der Waals surface area contributed by atoms with Crippen LogP contribution in [-0.4, -0.2) is 19.3 Å². The van der Waals surface area contributed by atoms with Crippen molar-refractivity contribution in [2.24, 2.45) is 14.1 Å². The lowest BCUT2D eigenvalue weighted by molar-refractivity contribution is 0.755. The molecule has 0 unspecified atom stereocenters. The van der Waals surface area contributed by atoms with Crippen LogP contribution in [0.25, 0.3) is 22.4 Å². The van der Waals surface area contributed by atoms with Crippen LogP contribution in [0.1, 0.15) is 12.6 Å². The van der Waals surface area contributed by atoms with Gasteiger partial charge in [-0.05, 0) is 18.6 Å². The highest BCUT2D eigenvalue weighted by Gasteiger charge is 2.19. The van der Waals surface area contributed by atoms with E-state index in [2.05, 4.69) is 22.7 Å². The molecule has 0 aliphatic rings. The summed E-state index contributed by atoms with van der Waals surface area (Å²) in [4.78, 5) is 4.69. The maximum Gasteiger partial charge on any atom is 0.146 e. The Balaban J connectivity index is 2.33. The Kier molecular flexibility index (Phi) is 2.55. The SMILES string of the molecule is CCc1nn(C)c(N)c1-c1nc2ccccc2n1C. The van der Waals surface area contributed by atoms with E-state index in [9.17, 15) is 0 Å². The van der Waals surface area contributed by atoms with Gasteiger partial charge in [-0.15, -0.1) is 0 Å². The number of nitrogen functional groups attached to an aromatic ring is 1. The maximum atomic E-state index is 6.15. The molecule has 0 radical (unpaired) electrons. The van der Waals surface area contributed by atoms with Crippen LogP contribution in [0.4, 0.5) is 5.82 Å². The summed E-state index contributed by atoms with van der Waals surface area (Å²) < 4.78 is 3.79. The van der Waals surface area contributed by atoms with Crippen LogP contribution in [0.3, 0.4) is 0 Å². The fraction of sp³-hybridized carbons (Fsp3) is 0.286. The van der Waals surface area contributed by atoms with Gasteiger partial charge >= 0.3 is 0 Å². The first-order chi connectivity index (χ1) is 9.13. The number of aromatic nitrogens is 4. The topological polar surface area (TPSA) is 61.7 Å². The molecule has 98 valence electrons. The number of aryl methyl sites for hydroxylation is 3. The van der Waals surface area contributed by atoms with E-state index in [1.165, 1.54) is 0 Å². The van der Waals surface area contributed by atoms with E-state index >= 15 is 0 Å². The van der Waals surface area contributed by atoms with Crippen molar-refractivity contribution in [1.82, 2.24) is 19.3 Å². The lowest BCUT2D eigenvalue weighted by atomic mass is 10.2.